The second-order valence-corrected chi connectivity index (χ2v) is 9.02. The highest BCUT2D eigenvalue weighted by Gasteiger charge is 2.29. The molecule has 1 N–H and O–H groups in total. The summed E-state index contributed by atoms with van der Waals surface area (Å²) in [7, 11) is -2.52. The van der Waals surface area contributed by atoms with Crippen molar-refractivity contribution in [3.63, 3.8) is 0 Å². The molecule has 0 radical (unpaired) electrons. The van der Waals surface area contributed by atoms with E-state index in [0.717, 1.165) is 0 Å². The molecule has 162 valence electrons. The number of hydrogen-bond donors (Lipinski definition) is 1. The lowest BCUT2D eigenvalue weighted by Crippen LogP contribution is -2.54. The van der Waals surface area contributed by atoms with Crippen LogP contribution in [0.5, 0.6) is 5.75 Å². The predicted molar refractivity (Wildman–Crippen MR) is 113 cm³/mol. The molecule has 30 heavy (non-hydrogen) atoms. The molecule has 0 aliphatic carbocycles. The maximum Gasteiger partial charge on any atom is 0.241 e. The summed E-state index contributed by atoms with van der Waals surface area (Å²) in [5, 5.41) is 0.156. The fraction of sp³-hybridized carbons (Fsp3) is 0.350. The molecule has 7 nitrogen and oxygen atoms in total. The molecule has 10 heteroatoms. The molecular formula is C20H23ClFN3O4S. The first kappa shape index (κ1) is 22.3. The van der Waals surface area contributed by atoms with Crippen LogP contribution in [-0.2, 0) is 14.8 Å². The van der Waals surface area contributed by atoms with Gasteiger partial charge in [-0.1, -0.05) is 23.7 Å². The van der Waals surface area contributed by atoms with Crippen LogP contribution in [0.1, 0.15) is 6.92 Å². The van der Waals surface area contributed by atoms with Crippen LogP contribution in [0.3, 0.4) is 0 Å². The molecule has 2 aromatic rings. The average Bonchev–Trinajstić information content (AvgIpc) is 2.73. The van der Waals surface area contributed by atoms with Crippen LogP contribution in [0.2, 0.25) is 5.02 Å². The lowest BCUT2D eigenvalue weighted by Gasteiger charge is -2.37. The monoisotopic (exact) mass is 455 g/mol. The number of carbonyl (C=O) groups excluding carboxylic acids is 1. The molecule has 2 aromatic carbocycles. The Kier molecular flexibility index (Phi) is 6.84. The number of nitrogens with zero attached hydrogens (tertiary/aromatic N) is 2. The van der Waals surface area contributed by atoms with Crippen LogP contribution in [0.15, 0.2) is 47.4 Å². The van der Waals surface area contributed by atoms with Gasteiger partial charge in [-0.3, -0.25) is 4.79 Å². The molecular weight excluding hydrogens is 433 g/mol. The maximum atomic E-state index is 14.0. The zero-order valence-corrected chi connectivity index (χ0v) is 18.2. The maximum absolute atomic E-state index is 14.0. The van der Waals surface area contributed by atoms with Gasteiger partial charge in [0.25, 0.3) is 0 Å². The molecule has 1 saturated heterocycles. The van der Waals surface area contributed by atoms with E-state index in [-0.39, 0.29) is 21.6 Å². The highest BCUT2D eigenvalue weighted by molar-refractivity contribution is 7.89. The van der Waals surface area contributed by atoms with Crippen molar-refractivity contribution >= 4 is 33.2 Å². The van der Waals surface area contributed by atoms with Gasteiger partial charge in [0.2, 0.25) is 15.9 Å². The number of carbonyl (C=O) groups is 1. The van der Waals surface area contributed by atoms with E-state index in [2.05, 4.69) is 4.72 Å². The lowest BCUT2D eigenvalue weighted by atomic mass is 10.2. The highest BCUT2D eigenvalue weighted by Crippen LogP contribution is 2.27. The van der Waals surface area contributed by atoms with Gasteiger partial charge in [-0.2, -0.15) is 4.72 Å². The Morgan fingerprint density at radius 2 is 1.83 bits per heavy atom. The third kappa shape index (κ3) is 4.85. The topological polar surface area (TPSA) is 78.9 Å². The van der Waals surface area contributed by atoms with E-state index < -0.39 is 16.1 Å². The molecule has 0 bridgehead atoms. The van der Waals surface area contributed by atoms with Gasteiger partial charge in [-0.25, -0.2) is 12.8 Å². The molecule has 1 aliphatic heterocycles. The van der Waals surface area contributed by atoms with E-state index in [4.69, 9.17) is 16.3 Å². The Labute approximate surface area is 180 Å². The smallest absolute Gasteiger partial charge is 0.241 e. The number of para-hydroxylation sites is 1. The second-order valence-electron chi connectivity index (χ2n) is 6.90. The molecule has 1 heterocycles. The van der Waals surface area contributed by atoms with Crippen LogP contribution in [-0.4, -0.2) is 58.6 Å². The number of amides is 1. The fourth-order valence-corrected chi connectivity index (χ4v) is 4.86. The molecule has 1 atom stereocenters. The summed E-state index contributed by atoms with van der Waals surface area (Å²) >= 11 is 6.01. The Morgan fingerprint density at radius 3 is 2.43 bits per heavy atom. The van der Waals surface area contributed by atoms with Crippen molar-refractivity contribution in [3.8, 4) is 5.75 Å². The van der Waals surface area contributed by atoms with Crippen molar-refractivity contribution < 1.29 is 22.3 Å². The van der Waals surface area contributed by atoms with E-state index in [1.165, 1.54) is 38.3 Å². The molecule has 0 unspecified atom stereocenters. The summed E-state index contributed by atoms with van der Waals surface area (Å²) in [6.07, 6.45) is 0. The number of sulfonamides is 1. The van der Waals surface area contributed by atoms with Crippen molar-refractivity contribution in [1.29, 1.82) is 0 Å². The summed E-state index contributed by atoms with van der Waals surface area (Å²) in [5.41, 5.74) is 0.495. The number of piperazine rings is 1. The number of hydrogen-bond acceptors (Lipinski definition) is 5. The van der Waals surface area contributed by atoms with Gasteiger partial charge >= 0.3 is 0 Å². The van der Waals surface area contributed by atoms with Gasteiger partial charge in [0.05, 0.1) is 28.8 Å². The molecule has 1 fully saturated rings. The van der Waals surface area contributed by atoms with Crippen LogP contribution >= 0.6 is 11.6 Å². The zero-order valence-electron chi connectivity index (χ0n) is 16.6. The molecule has 0 aromatic heterocycles. The third-order valence-corrected chi connectivity index (χ3v) is 6.75. The number of ether oxygens (including phenoxy) is 1. The van der Waals surface area contributed by atoms with Crippen LogP contribution in [0, 0.1) is 5.82 Å². The Balaban J connectivity index is 1.62. The second kappa shape index (κ2) is 9.20. The Hall–Kier alpha value is -2.36. The Bertz CT molecular complexity index is 1030. The average molecular weight is 456 g/mol. The molecule has 1 amide bonds. The van der Waals surface area contributed by atoms with Gasteiger partial charge < -0.3 is 14.5 Å². The first-order chi connectivity index (χ1) is 14.2. The number of methoxy groups -OCH3 is 1. The predicted octanol–water partition coefficient (Wildman–Crippen LogP) is 2.50. The zero-order chi connectivity index (χ0) is 21.9. The molecule has 0 spiro atoms. The molecule has 0 saturated carbocycles. The molecule has 3 rings (SSSR count). The fourth-order valence-electron chi connectivity index (χ4n) is 3.32. The first-order valence-electron chi connectivity index (χ1n) is 9.37. The quantitative estimate of drug-likeness (QED) is 0.724. The van der Waals surface area contributed by atoms with Crippen LogP contribution in [0.4, 0.5) is 10.1 Å². The minimum Gasteiger partial charge on any atom is -0.495 e. The van der Waals surface area contributed by atoms with Crippen molar-refractivity contribution in [2.45, 2.75) is 17.9 Å². The summed E-state index contributed by atoms with van der Waals surface area (Å²) in [5.74, 6) is -0.296. The molecule has 1 aliphatic rings. The van der Waals surface area contributed by atoms with Gasteiger partial charge in [-0.05, 0) is 37.3 Å². The summed E-state index contributed by atoms with van der Waals surface area (Å²) in [6.45, 7) is 3.15. The standard InChI is InChI=1S/C20H23ClFN3O4S/c1-14(23-30(27,28)15-7-8-19(29-2)16(21)13-15)20(26)25-11-9-24(10-12-25)18-6-4-3-5-17(18)22/h3-8,13-14,23H,9-12H2,1-2H3/t14-/m0/s1. The third-order valence-electron chi connectivity index (χ3n) is 4.92. The van der Waals surface area contributed by atoms with Gasteiger partial charge in [0.15, 0.2) is 0 Å². The van der Waals surface area contributed by atoms with E-state index in [1.54, 1.807) is 23.1 Å². The lowest BCUT2D eigenvalue weighted by molar-refractivity contribution is -0.132. The van der Waals surface area contributed by atoms with E-state index in [9.17, 15) is 17.6 Å². The number of rotatable bonds is 6. The van der Waals surface area contributed by atoms with Crippen molar-refractivity contribution in [3.05, 3.63) is 53.3 Å². The van der Waals surface area contributed by atoms with Gasteiger partial charge in [-0.15, -0.1) is 0 Å². The van der Waals surface area contributed by atoms with E-state index in [1.807, 2.05) is 4.90 Å². The number of anilines is 1. The van der Waals surface area contributed by atoms with E-state index >= 15 is 0 Å². The number of nitrogens with one attached hydrogen (secondary N) is 1. The van der Waals surface area contributed by atoms with E-state index in [0.29, 0.717) is 37.6 Å². The summed E-state index contributed by atoms with van der Waals surface area (Å²) in [6, 6.07) is 9.60. The SMILES string of the molecule is COc1ccc(S(=O)(=O)N[C@@H](C)C(=O)N2CCN(c3ccccc3F)CC2)cc1Cl. The van der Waals surface area contributed by atoms with Gasteiger partial charge in [0, 0.05) is 26.2 Å². The number of halogens is 2. The van der Waals surface area contributed by atoms with Crippen molar-refractivity contribution in [2.24, 2.45) is 0 Å². The summed E-state index contributed by atoms with van der Waals surface area (Å²) < 4.78 is 46.6. The normalized spacial score (nSPS) is 15.7. The van der Waals surface area contributed by atoms with Gasteiger partial charge in [0.1, 0.15) is 11.6 Å². The summed E-state index contributed by atoms with van der Waals surface area (Å²) in [4.78, 5) is 16.1. The first-order valence-corrected chi connectivity index (χ1v) is 11.2. The van der Waals surface area contributed by atoms with Crippen molar-refractivity contribution in [2.75, 3.05) is 38.2 Å². The van der Waals surface area contributed by atoms with Crippen LogP contribution in [0.25, 0.3) is 0 Å². The largest absolute Gasteiger partial charge is 0.495 e. The number of benzene rings is 2. The van der Waals surface area contributed by atoms with Crippen molar-refractivity contribution in [1.82, 2.24) is 9.62 Å². The minimum absolute atomic E-state index is 0.0580. The highest BCUT2D eigenvalue weighted by atomic mass is 35.5. The van der Waals surface area contributed by atoms with Crippen LogP contribution < -0.4 is 14.4 Å². The Morgan fingerprint density at radius 1 is 1.17 bits per heavy atom. The minimum atomic E-state index is -3.95.